The first-order chi connectivity index (χ1) is 10.8. The zero-order valence-corrected chi connectivity index (χ0v) is 12.5. The highest BCUT2D eigenvalue weighted by Crippen LogP contribution is 2.20. The van der Waals surface area contributed by atoms with E-state index in [0.717, 1.165) is 31.7 Å². The van der Waals surface area contributed by atoms with Crippen molar-refractivity contribution >= 4 is 5.91 Å². The second-order valence-corrected chi connectivity index (χ2v) is 5.63. The fourth-order valence-electron chi connectivity index (χ4n) is 2.79. The smallest absolute Gasteiger partial charge is 0.255 e. The Bertz CT molecular complexity index is 601. The van der Waals surface area contributed by atoms with Gasteiger partial charge in [0, 0.05) is 31.4 Å². The van der Waals surface area contributed by atoms with Crippen LogP contribution in [0, 0.1) is 5.92 Å². The number of aromatic nitrogens is 1. The van der Waals surface area contributed by atoms with Gasteiger partial charge in [0.25, 0.3) is 5.91 Å². The maximum absolute atomic E-state index is 12.5. The Morgan fingerprint density at radius 1 is 1.23 bits per heavy atom. The lowest BCUT2D eigenvalue weighted by molar-refractivity contribution is 0.0633. The van der Waals surface area contributed by atoms with Gasteiger partial charge in [-0.3, -0.25) is 9.78 Å². The van der Waals surface area contributed by atoms with Crippen LogP contribution in [-0.2, 0) is 0 Å². The summed E-state index contributed by atoms with van der Waals surface area (Å²) in [4.78, 5) is 18.4. The molecule has 1 aliphatic rings. The number of para-hydroxylation sites is 1. The monoisotopic (exact) mass is 296 g/mol. The number of carbonyl (C=O) groups is 1. The number of hydrogen-bond donors (Lipinski definition) is 0. The van der Waals surface area contributed by atoms with Crippen molar-refractivity contribution in [2.45, 2.75) is 12.8 Å². The third kappa shape index (κ3) is 3.64. The summed E-state index contributed by atoms with van der Waals surface area (Å²) in [5, 5.41) is 0. The minimum Gasteiger partial charge on any atom is -0.493 e. The van der Waals surface area contributed by atoms with Crippen LogP contribution in [0.2, 0.25) is 0 Å². The lowest BCUT2D eigenvalue weighted by Gasteiger charge is -2.32. The predicted molar refractivity (Wildman–Crippen MR) is 84.8 cm³/mol. The van der Waals surface area contributed by atoms with E-state index in [-0.39, 0.29) is 5.91 Å². The van der Waals surface area contributed by atoms with E-state index < -0.39 is 0 Å². The van der Waals surface area contributed by atoms with Gasteiger partial charge < -0.3 is 9.64 Å². The fraction of sp³-hybridized carbons (Fsp3) is 0.333. The Morgan fingerprint density at radius 2 is 2.09 bits per heavy atom. The summed E-state index contributed by atoms with van der Waals surface area (Å²) in [5.41, 5.74) is 0.659. The zero-order valence-electron chi connectivity index (χ0n) is 12.5. The van der Waals surface area contributed by atoms with Crippen molar-refractivity contribution in [2.75, 3.05) is 19.7 Å². The van der Waals surface area contributed by atoms with E-state index in [2.05, 4.69) is 4.98 Å². The number of pyridine rings is 1. The molecule has 1 aromatic heterocycles. The predicted octanol–water partition coefficient (Wildman–Crippen LogP) is 3.01. The van der Waals surface area contributed by atoms with Gasteiger partial charge in [-0.15, -0.1) is 0 Å². The molecule has 0 aliphatic carbocycles. The molecule has 0 spiro atoms. The molecule has 4 heteroatoms. The van der Waals surface area contributed by atoms with Crippen molar-refractivity contribution in [1.29, 1.82) is 0 Å². The maximum atomic E-state index is 12.5. The van der Waals surface area contributed by atoms with Gasteiger partial charge in [-0.1, -0.05) is 18.2 Å². The minimum atomic E-state index is 0.0671. The van der Waals surface area contributed by atoms with E-state index in [1.54, 1.807) is 18.5 Å². The Morgan fingerprint density at radius 3 is 2.86 bits per heavy atom. The molecule has 1 amide bonds. The van der Waals surface area contributed by atoms with Crippen molar-refractivity contribution in [3.05, 3.63) is 60.4 Å². The summed E-state index contributed by atoms with van der Waals surface area (Å²) in [6.45, 7) is 2.22. The average Bonchev–Trinajstić information content (AvgIpc) is 2.61. The summed E-state index contributed by atoms with van der Waals surface area (Å²) < 4.78 is 5.83. The topological polar surface area (TPSA) is 42.4 Å². The molecule has 0 saturated carbocycles. The van der Waals surface area contributed by atoms with E-state index in [1.807, 2.05) is 41.3 Å². The molecule has 1 aromatic carbocycles. The van der Waals surface area contributed by atoms with Crippen LogP contribution in [0.25, 0.3) is 0 Å². The lowest BCUT2D eigenvalue weighted by atomic mass is 9.98. The number of amides is 1. The zero-order chi connectivity index (χ0) is 15.2. The first kappa shape index (κ1) is 14.6. The number of rotatable bonds is 4. The summed E-state index contributed by atoms with van der Waals surface area (Å²) in [6.07, 6.45) is 5.44. The molecule has 3 rings (SSSR count). The molecule has 2 aromatic rings. The van der Waals surface area contributed by atoms with Gasteiger partial charge >= 0.3 is 0 Å². The molecular formula is C18H20N2O2. The van der Waals surface area contributed by atoms with Gasteiger partial charge in [-0.25, -0.2) is 0 Å². The number of nitrogens with zero attached hydrogens (tertiary/aromatic N) is 2. The Hall–Kier alpha value is -2.36. The van der Waals surface area contributed by atoms with E-state index >= 15 is 0 Å². The highest BCUT2D eigenvalue weighted by atomic mass is 16.5. The van der Waals surface area contributed by atoms with Crippen LogP contribution in [0.4, 0.5) is 0 Å². The van der Waals surface area contributed by atoms with E-state index in [0.29, 0.717) is 18.1 Å². The number of ether oxygens (including phenoxy) is 1. The second-order valence-electron chi connectivity index (χ2n) is 5.63. The molecule has 1 atom stereocenters. The van der Waals surface area contributed by atoms with E-state index in [4.69, 9.17) is 4.74 Å². The summed E-state index contributed by atoms with van der Waals surface area (Å²) >= 11 is 0. The third-order valence-electron chi connectivity index (χ3n) is 3.94. The average molecular weight is 296 g/mol. The highest BCUT2D eigenvalue weighted by molar-refractivity contribution is 5.93. The molecule has 0 N–H and O–H groups in total. The van der Waals surface area contributed by atoms with Crippen molar-refractivity contribution in [3.8, 4) is 5.75 Å². The molecule has 4 nitrogen and oxygen atoms in total. The van der Waals surface area contributed by atoms with Crippen LogP contribution in [0.1, 0.15) is 23.2 Å². The van der Waals surface area contributed by atoms with Crippen molar-refractivity contribution in [3.63, 3.8) is 0 Å². The Kier molecular flexibility index (Phi) is 4.68. The third-order valence-corrected chi connectivity index (χ3v) is 3.94. The molecular weight excluding hydrogens is 276 g/mol. The molecule has 114 valence electrons. The molecule has 1 aliphatic heterocycles. The van der Waals surface area contributed by atoms with Gasteiger partial charge in [-0.2, -0.15) is 0 Å². The normalized spacial score (nSPS) is 18.0. The Balaban J connectivity index is 1.56. The molecule has 1 unspecified atom stereocenters. The van der Waals surface area contributed by atoms with Crippen LogP contribution >= 0.6 is 0 Å². The van der Waals surface area contributed by atoms with Gasteiger partial charge in [-0.05, 0) is 37.1 Å². The SMILES string of the molecule is O=C(c1cccnc1)N1CCCC(COc2ccccc2)C1. The number of carbonyl (C=O) groups excluding carboxylic acids is 1. The van der Waals surface area contributed by atoms with Crippen LogP contribution < -0.4 is 4.74 Å². The number of benzene rings is 1. The van der Waals surface area contributed by atoms with Crippen LogP contribution in [0.15, 0.2) is 54.9 Å². The minimum absolute atomic E-state index is 0.0671. The summed E-state index contributed by atoms with van der Waals surface area (Å²) in [7, 11) is 0. The van der Waals surface area contributed by atoms with E-state index in [1.165, 1.54) is 0 Å². The largest absolute Gasteiger partial charge is 0.493 e. The van der Waals surface area contributed by atoms with Crippen molar-refractivity contribution in [1.82, 2.24) is 9.88 Å². The molecule has 22 heavy (non-hydrogen) atoms. The van der Waals surface area contributed by atoms with Crippen LogP contribution in [0.3, 0.4) is 0 Å². The fourth-order valence-corrected chi connectivity index (χ4v) is 2.79. The molecule has 2 heterocycles. The quantitative estimate of drug-likeness (QED) is 0.871. The second kappa shape index (κ2) is 7.07. The number of likely N-dealkylation sites (tertiary alicyclic amines) is 1. The van der Waals surface area contributed by atoms with Crippen LogP contribution in [-0.4, -0.2) is 35.5 Å². The van der Waals surface area contributed by atoms with E-state index in [9.17, 15) is 4.79 Å². The Labute approximate surface area is 130 Å². The molecule has 0 bridgehead atoms. The van der Waals surface area contributed by atoms with Gasteiger partial charge in [0.05, 0.1) is 12.2 Å². The van der Waals surface area contributed by atoms with Gasteiger partial charge in [0.15, 0.2) is 0 Å². The lowest BCUT2D eigenvalue weighted by Crippen LogP contribution is -2.41. The highest BCUT2D eigenvalue weighted by Gasteiger charge is 2.24. The van der Waals surface area contributed by atoms with Gasteiger partial charge in [0.2, 0.25) is 0 Å². The molecule has 1 saturated heterocycles. The first-order valence-electron chi connectivity index (χ1n) is 7.70. The van der Waals surface area contributed by atoms with Crippen molar-refractivity contribution in [2.24, 2.45) is 5.92 Å². The first-order valence-corrected chi connectivity index (χ1v) is 7.70. The molecule has 1 fully saturated rings. The number of hydrogen-bond acceptors (Lipinski definition) is 3. The summed E-state index contributed by atoms with van der Waals surface area (Å²) in [5.74, 6) is 1.34. The molecule has 0 radical (unpaired) electrons. The maximum Gasteiger partial charge on any atom is 0.255 e. The van der Waals surface area contributed by atoms with Gasteiger partial charge in [0.1, 0.15) is 5.75 Å². The standard InChI is InChI=1S/C18H20N2O2/c21-18(16-7-4-10-19-12-16)20-11-5-6-15(13-20)14-22-17-8-2-1-3-9-17/h1-4,7-10,12,15H,5-6,11,13-14H2. The van der Waals surface area contributed by atoms with Crippen molar-refractivity contribution < 1.29 is 9.53 Å². The van der Waals surface area contributed by atoms with Crippen LogP contribution in [0.5, 0.6) is 5.75 Å². The summed E-state index contributed by atoms with van der Waals surface area (Å²) in [6, 6.07) is 13.4. The number of piperidine rings is 1.